The van der Waals surface area contributed by atoms with Crippen molar-refractivity contribution in [2.24, 2.45) is 7.05 Å². The summed E-state index contributed by atoms with van der Waals surface area (Å²) < 4.78 is 15.0. The molecule has 1 N–H and O–H groups in total. The highest BCUT2D eigenvalue weighted by Crippen LogP contribution is 2.29. The van der Waals surface area contributed by atoms with Gasteiger partial charge in [-0.2, -0.15) is 5.10 Å². The van der Waals surface area contributed by atoms with E-state index in [9.17, 15) is 4.39 Å². The fourth-order valence-corrected chi connectivity index (χ4v) is 2.40. The lowest BCUT2D eigenvalue weighted by Crippen LogP contribution is -2.12. The van der Waals surface area contributed by atoms with Crippen LogP contribution in [-0.2, 0) is 13.6 Å². The summed E-state index contributed by atoms with van der Waals surface area (Å²) >= 11 is 1.49. The molecule has 0 spiro atoms. The van der Waals surface area contributed by atoms with Gasteiger partial charge in [-0.15, -0.1) is 0 Å². The summed E-state index contributed by atoms with van der Waals surface area (Å²) in [5.74, 6) is -0.217. The Labute approximate surface area is 110 Å². The van der Waals surface area contributed by atoms with Crippen LogP contribution in [0.15, 0.2) is 34.6 Å². The first-order valence-electron chi connectivity index (χ1n) is 5.71. The van der Waals surface area contributed by atoms with Gasteiger partial charge in [-0.05, 0) is 42.1 Å². The molecule has 0 aliphatic carbocycles. The van der Waals surface area contributed by atoms with Gasteiger partial charge in [-0.3, -0.25) is 0 Å². The summed E-state index contributed by atoms with van der Waals surface area (Å²) in [7, 11) is 1.84. The lowest BCUT2D eigenvalue weighted by molar-refractivity contribution is 0.618. The molecule has 1 aromatic heterocycles. The molecule has 4 nitrogen and oxygen atoms in total. The first-order valence-corrected chi connectivity index (χ1v) is 6.53. The molecule has 0 saturated carbocycles. The zero-order valence-corrected chi connectivity index (χ0v) is 11.2. The smallest absolute Gasteiger partial charge is 0.190 e. The van der Waals surface area contributed by atoms with Crippen molar-refractivity contribution in [3.63, 3.8) is 0 Å². The summed E-state index contributed by atoms with van der Waals surface area (Å²) in [6, 6.07) is 4.80. The van der Waals surface area contributed by atoms with Crippen molar-refractivity contribution in [2.45, 2.75) is 23.5 Å². The number of halogens is 1. The first kappa shape index (κ1) is 13.0. The predicted octanol–water partition coefficient (Wildman–Crippen LogP) is 2.21. The molecule has 96 valence electrons. The number of hydrogen-bond acceptors (Lipinski definition) is 4. The summed E-state index contributed by atoms with van der Waals surface area (Å²) in [5, 5.41) is 8.01. The minimum atomic E-state index is -0.217. The Morgan fingerprint density at radius 2 is 2.28 bits per heavy atom. The van der Waals surface area contributed by atoms with Gasteiger partial charge in [-0.1, -0.05) is 6.92 Å². The Balaban J connectivity index is 2.23. The number of nitrogens with zero attached hydrogens (tertiary/aromatic N) is 3. The molecular weight excluding hydrogens is 251 g/mol. The number of aryl methyl sites for hydroxylation is 1. The lowest BCUT2D eigenvalue weighted by Gasteiger charge is -2.09. The Bertz CT molecular complexity index is 527. The average Bonchev–Trinajstić information content (AvgIpc) is 2.75. The molecule has 0 unspecified atom stereocenters. The van der Waals surface area contributed by atoms with Crippen LogP contribution in [0.1, 0.15) is 12.5 Å². The topological polar surface area (TPSA) is 42.7 Å². The van der Waals surface area contributed by atoms with Gasteiger partial charge in [0, 0.05) is 18.5 Å². The maximum Gasteiger partial charge on any atom is 0.190 e. The van der Waals surface area contributed by atoms with Crippen molar-refractivity contribution in [3.05, 3.63) is 35.9 Å². The van der Waals surface area contributed by atoms with E-state index in [2.05, 4.69) is 15.4 Å². The summed E-state index contributed by atoms with van der Waals surface area (Å²) in [6.07, 6.45) is 1.51. The van der Waals surface area contributed by atoms with Crippen LogP contribution in [0.2, 0.25) is 0 Å². The van der Waals surface area contributed by atoms with E-state index in [0.717, 1.165) is 22.2 Å². The minimum absolute atomic E-state index is 0.217. The summed E-state index contributed by atoms with van der Waals surface area (Å²) in [4.78, 5) is 5.15. The van der Waals surface area contributed by atoms with Gasteiger partial charge in [0.1, 0.15) is 12.1 Å². The second-order valence-electron chi connectivity index (χ2n) is 3.80. The maximum absolute atomic E-state index is 13.3. The summed E-state index contributed by atoms with van der Waals surface area (Å²) in [5.41, 5.74) is 0.935. The minimum Gasteiger partial charge on any atom is -0.313 e. The molecule has 6 heteroatoms. The fourth-order valence-electron chi connectivity index (χ4n) is 1.52. The third kappa shape index (κ3) is 3.08. The molecule has 0 bridgehead atoms. The van der Waals surface area contributed by atoms with Crippen LogP contribution in [0, 0.1) is 5.82 Å². The standard InChI is InChI=1S/C12H15FN4S/c1-3-14-7-9-6-10(13)4-5-11(9)18-12-15-8-16-17(12)2/h4-6,8,14H,3,7H2,1-2H3. The van der Waals surface area contributed by atoms with E-state index < -0.39 is 0 Å². The molecule has 0 atom stereocenters. The van der Waals surface area contributed by atoms with E-state index in [1.165, 1.54) is 24.2 Å². The molecule has 0 aliphatic heterocycles. The Hall–Kier alpha value is -1.40. The Morgan fingerprint density at radius 1 is 1.44 bits per heavy atom. The van der Waals surface area contributed by atoms with Crippen LogP contribution in [-0.4, -0.2) is 21.3 Å². The van der Waals surface area contributed by atoms with Crippen LogP contribution in [0.5, 0.6) is 0 Å². The molecular formula is C12H15FN4S. The number of benzene rings is 1. The van der Waals surface area contributed by atoms with Crippen molar-refractivity contribution < 1.29 is 4.39 Å². The van der Waals surface area contributed by atoms with Crippen molar-refractivity contribution in [3.8, 4) is 0 Å². The van der Waals surface area contributed by atoms with E-state index in [4.69, 9.17) is 0 Å². The van der Waals surface area contributed by atoms with E-state index in [0.29, 0.717) is 6.54 Å². The molecule has 0 radical (unpaired) electrons. The zero-order chi connectivity index (χ0) is 13.0. The van der Waals surface area contributed by atoms with Crippen LogP contribution < -0.4 is 5.32 Å². The fraction of sp³-hybridized carbons (Fsp3) is 0.333. The van der Waals surface area contributed by atoms with Gasteiger partial charge in [0.2, 0.25) is 0 Å². The highest BCUT2D eigenvalue weighted by atomic mass is 32.2. The number of nitrogens with one attached hydrogen (secondary N) is 1. The van der Waals surface area contributed by atoms with Crippen LogP contribution in [0.25, 0.3) is 0 Å². The van der Waals surface area contributed by atoms with Crippen LogP contribution in [0.4, 0.5) is 4.39 Å². The van der Waals surface area contributed by atoms with Crippen LogP contribution in [0.3, 0.4) is 0 Å². The van der Waals surface area contributed by atoms with Gasteiger partial charge in [-0.25, -0.2) is 14.1 Å². The quantitative estimate of drug-likeness (QED) is 0.901. The highest BCUT2D eigenvalue weighted by Gasteiger charge is 2.09. The largest absolute Gasteiger partial charge is 0.313 e. The highest BCUT2D eigenvalue weighted by molar-refractivity contribution is 7.99. The Kier molecular flexibility index (Phi) is 4.33. The Morgan fingerprint density at radius 3 is 2.94 bits per heavy atom. The molecule has 1 heterocycles. The molecule has 0 amide bonds. The second-order valence-corrected chi connectivity index (χ2v) is 4.81. The van der Waals surface area contributed by atoms with Crippen molar-refractivity contribution >= 4 is 11.8 Å². The summed E-state index contributed by atoms with van der Waals surface area (Å²) in [6.45, 7) is 3.52. The van der Waals surface area contributed by atoms with E-state index >= 15 is 0 Å². The SMILES string of the molecule is CCNCc1cc(F)ccc1Sc1ncnn1C. The molecule has 0 fully saturated rings. The second kappa shape index (κ2) is 5.97. The van der Waals surface area contributed by atoms with Gasteiger partial charge in [0.05, 0.1) is 0 Å². The third-order valence-corrected chi connectivity index (χ3v) is 3.63. The van der Waals surface area contributed by atoms with Gasteiger partial charge >= 0.3 is 0 Å². The molecule has 2 aromatic rings. The normalized spacial score (nSPS) is 10.8. The molecule has 18 heavy (non-hydrogen) atoms. The lowest BCUT2D eigenvalue weighted by atomic mass is 10.2. The third-order valence-electron chi connectivity index (χ3n) is 2.46. The van der Waals surface area contributed by atoms with E-state index in [1.54, 1.807) is 16.8 Å². The molecule has 1 aromatic carbocycles. The van der Waals surface area contributed by atoms with Crippen molar-refractivity contribution in [2.75, 3.05) is 6.54 Å². The van der Waals surface area contributed by atoms with E-state index in [1.807, 2.05) is 14.0 Å². The first-order chi connectivity index (χ1) is 8.70. The van der Waals surface area contributed by atoms with Crippen molar-refractivity contribution in [1.29, 1.82) is 0 Å². The van der Waals surface area contributed by atoms with E-state index in [-0.39, 0.29) is 5.82 Å². The molecule has 2 rings (SSSR count). The molecule has 0 saturated heterocycles. The van der Waals surface area contributed by atoms with Gasteiger partial charge < -0.3 is 5.32 Å². The van der Waals surface area contributed by atoms with Gasteiger partial charge in [0.15, 0.2) is 5.16 Å². The average molecular weight is 266 g/mol. The monoisotopic (exact) mass is 266 g/mol. The predicted molar refractivity (Wildman–Crippen MR) is 68.9 cm³/mol. The van der Waals surface area contributed by atoms with Gasteiger partial charge in [0.25, 0.3) is 0 Å². The number of rotatable bonds is 5. The number of aromatic nitrogens is 3. The molecule has 0 aliphatic rings. The maximum atomic E-state index is 13.3. The van der Waals surface area contributed by atoms with Crippen molar-refractivity contribution in [1.82, 2.24) is 20.1 Å². The number of hydrogen-bond donors (Lipinski definition) is 1. The zero-order valence-electron chi connectivity index (χ0n) is 10.4. The van der Waals surface area contributed by atoms with Crippen LogP contribution >= 0.6 is 11.8 Å².